The molecular weight excluding hydrogens is 292 g/mol. The number of rotatable bonds is 10. The quantitative estimate of drug-likeness (QED) is 0.285. The van der Waals surface area contributed by atoms with Gasteiger partial charge in [-0.25, -0.2) is 4.79 Å². The monoisotopic (exact) mass is 320 g/mol. The van der Waals surface area contributed by atoms with E-state index >= 15 is 0 Å². The maximum Gasteiger partial charge on any atom is 0.330 e. The van der Waals surface area contributed by atoms with Crippen molar-refractivity contribution in [1.82, 2.24) is 0 Å². The Morgan fingerprint density at radius 1 is 1.17 bits per heavy atom. The summed E-state index contributed by atoms with van der Waals surface area (Å²) in [6.07, 6.45) is 9.79. The highest BCUT2D eigenvalue weighted by Crippen LogP contribution is 2.25. The van der Waals surface area contributed by atoms with Gasteiger partial charge in [0.2, 0.25) is 0 Å². The zero-order valence-corrected chi connectivity index (χ0v) is 14.1. The predicted octanol–water partition coefficient (Wildman–Crippen LogP) is 4.65. The SMILES string of the molecule is CCC(C)CCCCCCOC(=O)/C=C/c1ccc(O)c(O)c1. The van der Waals surface area contributed by atoms with Crippen molar-refractivity contribution in [1.29, 1.82) is 0 Å². The van der Waals surface area contributed by atoms with Crippen molar-refractivity contribution in [3.63, 3.8) is 0 Å². The summed E-state index contributed by atoms with van der Waals surface area (Å²) in [5, 5.41) is 18.6. The Morgan fingerprint density at radius 2 is 1.91 bits per heavy atom. The molecule has 0 aliphatic rings. The van der Waals surface area contributed by atoms with Crippen molar-refractivity contribution >= 4 is 12.0 Å². The summed E-state index contributed by atoms with van der Waals surface area (Å²) in [5.74, 6) is 0.0189. The number of benzene rings is 1. The highest BCUT2D eigenvalue weighted by Gasteiger charge is 2.01. The van der Waals surface area contributed by atoms with Gasteiger partial charge in [-0.3, -0.25) is 0 Å². The Hall–Kier alpha value is -1.97. The molecule has 0 amide bonds. The van der Waals surface area contributed by atoms with Crippen molar-refractivity contribution in [2.24, 2.45) is 5.92 Å². The van der Waals surface area contributed by atoms with E-state index in [1.807, 2.05) is 0 Å². The van der Waals surface area contributed by atoms with Crippen LogP contribution >= 0.6 is 0 Å². The number of aromatic hydroxyl groups is 2. The van der Waals surface area contributed by atoms with Gasteiger partial charge < -0.3 is 14.9 Å². The molecule has 0 aliphatic carbocycles. The molecule has 128 valence electrons. The fourth-order valence-electron chi connectivity index (χ4n) is 2.18. The van der Waals surface area contributed by atoms with E-state index in [2.05, 4.69) is 13.8 Å². The van der Waals surface area contributed by atoms with Gasteiger partial charge in [0.1, 0.15) is 0 Å². The molecule has 0 saturated carbocycles. The van der Waals surface area contributed by atoms with Crippen LogP contribution in [0.15, 0.2) is 24.3 Å². The summed E-state index contributed by atoms with van der Waals surface area (Å²) in [6, 6.07) is 4.37. The van der Waals surface area contributed by atoms with Crippen molar-refractivity contribution in [2.45, 2.75) is 52.4 Å². The maximum absolute atomic E-state index is 11.6. The van der Waals surface area contributed by atoms with Gasteiger partial charge in [0.15, 0.2) is 11.5 Å². The standard InChI is InChI=1S/C19H28O4/c1-3-15(2)8-6-4-5-7-13-23-19(22)12-10-16-9-11-17(20)18(21)14-16/h9-12,14-15,20-21H,3-8,13H2,1-2H3/b12-10+. The third kappa shape index (κ3) is 8.29. The maximum atomic E-state index is 11.6. The molecule has 0 radical (unpaired) electrons. The van der Waals surface area contributed by atoms with Gasteiger partial charge in [0.05, 0.1) is 6.61 Å². The summed E-state index contributed by atoms with van der Waals surface area (Å²) in [7, 11) is 0. The zero-order chi connectivity index (χ0) is 17.1. The zero-order valence-electron chi connectivity index (χ0n) is 14.1. The van der Waals surface area contributed by atoms with Crippen LogP contribution in [0.3, 0.4) is 0 Å². The molecule has 1 aromatic carbocycles. The van der Waals surface area contributed by atoms with Crippen LogP contribution < -0.4 is 0 Å². The van der Waals surface area contributed by atoms with Crippen LogP contribution in [0.2, 0.25) is 0 Å². The molecular formula is C19H28O4. The first-order valence-corrected chi connectivity index (χ1v) is 8.39. The van der Waals surface area contributed by atoms with Crippen molar-refractivity contribution in [3.8, 4) is 11.5 Å². The van der Waals surface area contributed by atoms with E-state index in [0.29, 0.717) is 12.2 Å². The lowest BCUT2D eigenvalue weighted by Gasteiger charge is -2.07. The number of phenols is 2. The average Bonchev–Trinajstić information content (AvgIpc) is 2.54. The number of hydrogen-bond donors (Lipinski definition) is 2. The van der Waals surface area contributed by atoms with Crippen LogP contribution in [0.25, 0.3) is 6.08 Å². The molecule has 0 saturated heterocycles. The smallest absolute Gasteiger partial charge is 0.330 e. The molecule has 1 rings (SSSR count). The van der Waals surface area contributed by atoms with E-state index in [1.165, 1.54) is 43.9 Å². The minimum Gasteiger partial charge on any atom is -0.504 e. The average molecular weight is 320 g/mol. The molecule has 4 heteroatoms. The van der Waals surface area contributed by atoms with Gasteiger partial charge in [-0.2, -0.15) is 0 Å². The Kier molecular flexibility index (Phi) is 8.88. The lowest BCUT2D eigenvalue weighted by atomic mass is 10.0. The van der Waals surface area contributed by atoms with Crippen molar-refractivity contribution in [3.05, 3.63) is 29.8 Å². The molecule has 1 atom stereocenters. The number of unbranched alkanes of at least 4 members (excludes halogenated alkanes) is 3. The summed E-state index contributed by atoms with van der Waals surface area (Å²) >= 11 is 0. The number of esters is 1. The number of carbonyl (C=O) groups excluding carboxylic acids is 1. The van der Waals surface area contributed by atoms with E-state index in [0.717, 1.165) is 18.8 Å². The summed E-state index contributed by atoms with van der Waals surface area (Å²) in [6.45, 7) is 4.94. The van der Waals surface area contributed by atoms with Crippen LogP contribution in [0.1, 0.15) is 57.9 Å². The second-order valence-electron chi connectivity index (χ2n) is 5.97. The highest BCUT2D eigenvalue weighted by molar-refractivity contribution is 5.87. The third-order valence-corrected chi connectivity index (χ3v) is 3.94. The minimum atomic E-state index is -0.392. The molecule has 0 aromatic heterocycles. The van der Waals surface area contributed by atoms with E-state index in [1.54, 1.807) is 12.1 Å². The first-order chi connectivity index (χ1) is 11.0. The van der Waals surface area contributed by atoms with Crippen LogP contribution in [0.5, 0.6) is 11.5 Å². The molecule has 23 heavy (non-hydrogen) atoms. The molecule has 0 aliphatic heterocycles. The fraction of sp³-hybridized carbons (Fsp3) is 0.526. The van der Waals surface area contributed by atoms with Crippen LogP contribution in [-0.2, 0) is 9.53 Å². The molecule has 0 spiro atoms. The molecule has 1 unspecified atom stereocenters. The lowest BCUT2D eigenvalue weighted by molar-refractivity contribution is -0.137. The van der Waals surface area contributed by atoms with Gasteiger partial charge in [0.25, 0.3) is 0 Å². The lowest BCUT2D eigenvalue weighted by Crippen LogP contribution is -2.02. The van der Waals surface area contributed by atoms with Crippen LogP contribution in [0.4, 0.5) is 0 Å². The molecule has 0 heterocycles. The Bertz CT molecular complexity index is 508. The number of carbonyl (C=O) groups is 1. The van der Waals surface area contributed by atoms with Gasteiger partial charge >= 0.3 is 5.97 Å². The number of phenolic OH excluding ortho intramolecular Hbond substituents is 2. The largest absolute Gasteiger partial charge is 0.504 e. The summed E-state index contributed by atoms with van der Waals surface area (Å²) < 4.78 is 5.13. The van der Waals surface area contributed by atoms with Gasteiger partial charge in [-0.1, -0.05) is 52.0 Å². The second kappa shape index (κ2) is 10.7. The second-order valence-corrected chi connectivity index (χ2v) is 5.97. The minimum absolute atomic E-state index is 0.182. The number of hydrogen-bond acceptors (Lipinski definition) is 4. The Labute approximate surface area is 138 Å². The highest BCUT2D eigenvalue weighted by atomic mass is 16.5. The van der Waals surface area contributed by atoms with E-state index in [-0.39, 0.29) is 11.5 Å². The molecule has 0 bridgehead atoms. The molecule has 4 nitrogen and oxygen atoms in total. The Morgan fingerprint density at radius 3 is 2.61 bits per heavy atom. The summed E-state index contributed by atoms with van der Waals surface area (Å²) in [5.41, 5.74) is 0.627. The van der Waals surface area contributed by atoms with Gasteiger partial charge in [0, 0.05) is 6.08 Å². The van der Waals surface area contributed by atoms with Crippen molar-refractivity contribution < 1.29 is 19.7 Å². The summed E-state index contributed by atoms with van der Waals surface area (Å²) in [4.78, 5) is 11.6. The van der Waals surface area contributed by atoms with Crippen molar-refractivity contribution in [2.75, 3.05) is 6.61 Å². The van der Waals surface area contributed by atoms with Crippen LogP contribution in [-0.4, -0.2) is 22.8 Å². The molecule has 1 aromatic rings. The normalized spacial score (nSPS) is 12.4. The van der Waals surface area contributed by atoms with Crippen LogP contribution in [0, 0.1) is 5.92 Å². The molecule has 2 N–H and O–H groups in total. The topological polar surface area (TPSA) is 66.8 Å². The van der Waals surface area contributed by atoms with Gasteiger partial charge in [-0.05, 0) is 36.1 Å². The first-order valence-electron chi connectivity index (χ1n) is 8.39. The third-order valence-electron chi connectivity index (χ3n) is 3.94. The first kappa shape index (κ1) is 19.1. The predicted molar refractivity (Wildman–Crippen MR) is 92.3 cm³/mol. The van der Waals surface area contributed by atoms with E-state index < -0.39 is 5.97 Å². The Balaban J connectivity index is 2.14. The van der Waals surface area contributed by atoms with Gasteiger partial charge in [-0.15, -0.1) is 0 Å². The molecule has 0 fully saturated rings. The van der Waals surface area contributed by atoms with E-state index in [4.69, 9.17) is 4.74 Å². The number of ether oxygens (including phenoxy) is 1. The fourth-order valence-corrected chi connectivity index (χ4v) is 2.18. The van der Waals surface area contributed by atoms with E-state index in [9.17, 15) is 15.0 Å².